The highest BCUT2D eigenvalue weighted by molar-refractivity contribution is 8.26. The van der Waals surface area contributed by atoms with Gasteiger partial charge in [0.25, 0.3) is 5.91 Å². The first-order chi connectivity index (χ1) is 11.6. The van der Waals surface area contributed by atoms with Crippen molar-refractivity contribution in [3.05, 3.63) is 59.4 Å². The molecule has 0 saturated carbocycles. The van der Waals surface area contributed by atoms with Gasteiger partial charge in [-0.25, -0.2) is 0 Å². The van der Waals surface area contributed by atoms with Crippen LogP contribution < -0.4 is 5.32 Å². The smallest absolute Gasteiger partial charge is 0.266 e. The molecule has 1 saturated heterocycles. The zero-order valence-electron chi connectivity index (χ0n) is 12.6. The van der Waals surface area contributed by atoms with Crippen molar-refractivity contribution in [2.24, 2.45) is 0 Å². The summed E-state index contributed by atoms with van der Waals surface area (Å²) in [4.78, 5) is 26.3. The Morgan fingerprint density at radius 3 is 2.75 bits per heavy atom. The molecule has 7 heteroatoms. The Balaban J connectivity index is 1.58. The summed E-state index contributed by atoms with van der Waals surface area (Å²) in [5, 5.41) is 2.79. The second-order valence-corrected chi connectivity index (χ2v) is 6.69. The Labute approximate surface area is 148 Å². The fourth-order valence-electron chi connectivity index (χ4n) is 2.15. The van der Waals surface area contributed by atoms with Crippen molar-refractivity contribution in [1.29, 1.82) is 0 Å². The third kappa shape index (κ3) is 3.93. The number of hydrogen-bond acceptors (Lipinski definition) is 5. The molecule has 0 spiro atoms. The van der Waals surface area contributed by atoms with Crippen LogP contribution in [0, 0.1) is 0 Å². The van der Waals surface area contributed by atoms with Crippen LogP contribution >= 0.6 is 24.0 Å². The number of anilines is 1. The fraction of sp³-hybridized carbons (Fsp3) is 0.118. The first-order valence-corrected chi connectivity index (χ1v) is 8.50. The Morgan fingerprint density at radius 2 is 2.04 bits per heavy atom. The lowest BCUT2D eigenvalue weighted by atomic mass is 10.3. The summed E-state index contributed by atoms with van der Waals surface area (Å²) < 4.78 is 5.66. The van der Waals surface area contributed by atoms with Crippen molar-refractivity contribution in [2.75, 3.05) is 11.9 Å². The summed E-state index contributed by atoms with van der Waals surface area (Å²) in [5.74, 6) is 0.233. The molecule has 2 heterocycles. The Hall–Kier alpha value is -2.38. The van der Waals surface area contributed by atoms with Crippen molar-refractivity contribution in [1.82, 2.24) is 4.90 Å². The molecular formula is C17H14N2O3S2. The number of para-hydroxylation sites is 1. The first-order valence-electron chi connectivity index (χ1n) is 7.27. The van der Waals surface area contributed by atoms with E-state index >= 15 is 0 Å². The van der Waals surface area contributed by atoms with E-state index in [1.165, 1.54) is 16.7 Å². The van der Waals surface area contributed by atoms with E-state index in [1.807, 2.05) is 30.3 Å². The molecule has 1 aromatic heterocycles. The van der Waals surface area contributed by atoms with Gasteiger partial charge in [-0.15, -0.1) is 0 Å². The lowest BCUT2D eigenvalue weighted by Crippen LogP contribution is -2.31. The highest BCUT2D eigenvalue weighted by Gasteiger charge is 2.32. The Kier molecular flexibility index (Phi) is 5.12. The summed E-state index contributed by atoms with van der Waals surface area (Å²) in [7, 11) is 0. The Bertz CT molecular complexity index is 785. The van der Waals surface area contributed by atoms with Gasteiger partial charge in [-0.1, -0.05) is 42.2 Å². The zero-order chi connectivity index (χ0) is 16.9. The molecule has 2 amide bonds. The largest absolute Gasteiger partial charge is 0.465 e. The molecule has 3 rings (SSSR count). The number of carbonyl (C=O) groups is 2. The molecule has 122 valence electrons. The minimum absolute atomic E-state index is 0.162. The number of thiocarbonyl (C=S) groups is 1. The van der Waals surface area contributed by atoms with Crippen LogP contribution in [0.4, 0.5) is 5.69 Å². The predicted octanol–water partition coefficient (Wildman–Crippen LogP) is 3.51. The van der Waals surface area contributed by atoms with E-state index in [0.29, 0.717) is 15.0 Å². The summed E-state index contributed by atoms with van der Waals surface area (Å²) in [6.45, 7) is 0.249. The quantitative estimate of drug-likeness (QED) is 0.655. The second-order valence-electron chi connectivity index (χ2n) is 5.01. The van der Waals surface area contributed by atoms with Gasteiger partial charge in [0.1, 0.15) is 10.1 Å². The maximum absolute atomic E-state index is 12.4. The SMILES string of the molecule is O=C(CCN1C(=O)/C(=C/c2ccco2)SC1=S)Nc1ccccc1. The van der Waals surface area contributed by atoms with Gasteiger partial charge in [-0.3, -0.25) is 14.5 Å². The van der Waals surface area contributed by atoms with Crippen LogP contribution in [0.15, 0.2) is 58.1 Å². The molecular weight excluding hydrogens is 344 g/mol. The van der Waals surface area contributed by atoms with Gasteiger partial charge in [-0.2, -0.15) is 0 Å². The zero-order valence-corrected chi connectivity index (χ0v) is 14.2. The standard InChI is InChI=1S/C17H14N2O3S2/c20-15(18-12-5-2-1-3-6-12)8-9-19-16(21)14(24-17(19)23)11-13-7-4-10-22-13/h1-7,10-11H,8-9H2,(H,18,20)/b14-11-. The molecule has 0 radical (unpaired) electrons. The van der Waals surface area contributed by atoms with Crippen LogP contribution in [0.3, 0.4) is 0 Å². The molecule has 24 heavy (non-hydrogen) atoms. The van der Waals surface area contributed by atoms with Gasteiger partial charge < -0.3 is 9.73 Å². The van der Waals surface area contributed by atoms with Crippen LogP contribution in [0.5, 0.6) is 0 Å². The number of nitrogens with one attached hydrogen (secondary N) is 1. The fourth-order valence-corrected chi connectivity index (χ4v) is 3.44. The topological polar surface area (TPSA) is 62.6 Å². The number of hydrogen-bond donors (Lipinski definition) is 1. The van der Waals surface area contributed by atoms with Crippen LogP contribution in [0.25, 0.3) is 6.08 Å². The molecule has 0 bridgehead atoms. The molecule has 0 aliphatic carbocycles. The van der Waals surface area contributed by atoms with Gasteiger partial charge in [0, 0.05) is 24.7 Å². The van der Waals surface area contributed by atoms with Gasteiger partial charge in [0.2, 0.25) is 5.91 Å². The maximum atomic E-state index is 12.4. The highest BCUT2D eigenvalue weighted by Crippen LogP contribution is 2.32. The van der Waals surface area contributed by atoms with E-state index in [1.54, 1.807) is 24.5 Å². The van der Waals surface area contributed by atoms with Crippen molar-refractivity contribution in [3.8, 4) is 0 Å². The summed E-state index contributed by atoms with van der Waals surface area (Å²) in [5.41, 5.74) is 0.727. The average molecular weight is 358 g/mol. The third-order valence-electron chi connectivity index (χ3n) is 3.31. The molecule has 2 aromatic rings. The van der Waals surface area contributed by atoms with E-state index in [-0.39, 0.29) is 24.8 Å². The number of furan rings is 1. The van der Waals surface area contributed by atoms with Crippen molar-refractivity contribution in [2.45, 2.75) is 6.42 Å². The minimum atomic E-state index is -0.200. The molecule has 1 aliphatic heterocycles. The van der Waals surface area contributed by atoms with Crippen molar-refractivity contribution in [3.63, 3.8) is 0 Å². The number of amides is 2. The Morgan fingerprint density at radius 1 is 1.25 bits per heavy atom. The predicted molar refractivity (Wildman–Crippen MR) is 98.3 cm³/mol. The highest BCUT2D eigenvalue weighted by atomic mass is 32.2. The van der Waals surface area contributed by atoms with E-state index in [2.05, 4.69) is 5.32 Å². The molecule has 5 nitrogen and oxygen atoms in total. The van der Waals surface area contributed by atoms with Gasteiger partial charge in [-0.05, 0) is 24.3 Å². The van der Waals surface area contributed by atoms with Crippen LogP contribution in [-0.2, 0) is 9.59 Å². The number of rotatable bonds is 5. The van der Waals surface area contributed by atoms with Crippen LogP contribution in [0.1, 0.15) is 12.2 Å². The summed E-state index contributed by atoms with van der Waals surface area (Å²) in [6, 6.07) is 12.7. The monoisotopic (exact) mass is 358 g/mol. The molecule has 1 N–H and O–H groups in total. The van der Waals surface area contributed by atoms with E-state index in [4.69, 9.17) is 16.6 Å². The van der Waals surface area contributed by atoms with Gasteiger partial charge in [0.05, 0.1) is 11.2 Å². The van der Waals surface area contributed by atoms with Crippen molar-refractivity contribution < 1.29 is 14.0 Å². The summed E-state index contributed by atoms with van der Waals surface area (Å²) in [6.07, 6.45) is 3.37. The minimum Gasteiger partial charge on any atom is -0.465 e. The van der Waals surface area contributed by atoms with Gasteiger partial charge >= 0.3 is 0 Å². The average Bonchev–Trinajstić information content (AvgIpc) is 3.16. The van der Waals surface area contributed by atoms with Crippen LogP contribution in [0.2, 0.25) is 0 Å². The van der Waals surface area contributed by atoms with E-state index in [9.17, 15) is 9.59 Å². The molecule has 1 fully saturated rings. The summed E-state index contributed by atoms with van der Waals surface area (Å²) >= 11 is 6.45. The van der Waals surface area contributed by atoms with Gasteiger partial charge in [0.15, 0.2) is 0 Å². The number of nitrogens with zero attached hydrogens (tertiary/aromatic N) is 1. The molecule has 1 aromatic carbocycles. The van der Waals surface area contributed by atoms with Crippen LogP contribution in [-0.4, -0.2) is 27.6 Å². The number of carbonyl (C=O) groups excluding carboxylic acids is 2. The molecule has 0 unspecified atom stereocenters. The van der Waals surface area contributed by atoms with E-state index < -0.39 is 0 Å². The second kappa shape index (κ2) is 7.46. The third-order valence-corrected chi connectivity index (χ3v) is 4.69. The maximum Gasteiger partial charge on any atom is 0.266 e. The first kappa shape index (κ1) is 16.5. The number of benzene rings is 1. The molecule has 1 aliphatic rings. The molecule has 0 atom stereocenters. The normalized spacial score (nSPS) is 16.0. The lowest BCUT2D eigenvalue weighted by molar-refractivity contribution is -0.122. The van der Waals surface area contributed by atoms with Crippen molar-refractivity contribution >= 4 is 51.9 Å². The van der Waals surface area contributed by atoms with E-state index in [0.717, 1.165) is 5.69 Å². The lowest BCUT2D eigenvalue weighted by Gasteiger charge is -2.14. The number of thioether (sulfide) groups is 1.